The van der Waals surface area contributed by atoms with E-state index in [1.54, 1.807) is 0 Å². The zero-order valence-corrected chi connectivity index (χ0v) is 8.14. The van der Waals surface area contributed by atoms with Crippen LogP contribution in [0.15, 0.2) is 24.3 Å². The van der Waals surface area contributed by atoms with Gasteiger partial charge in [0.1, 0.15) is 0 Å². The van der Waals surface area contributed by atoms with E-state index in [1.165, 1.54) is 12.1 Å². The second kappa shape index (κ2) is 4.71. The van der Waals surface area contributed by atoms with Crippen LogP contribution in [0.25, 0.3) is 0 Å². The zero-order chi connectivity index (χ0) is 12.2. The third-order valence-corrected chi connectivity index (χ3v) is 1.83. The van der Waals surface area contributed by atoms with E-state index in [2.05, 4.69) is 11.2 Å². The Labute approximate surface area is 90.5 Å². The van der Waals surface area contributed by atoms with E-state index in [9.17, 15) is 18.0 Å². The Morgan fingerprint density at radius 3 is 2.56 bits per heavy atom. The van der Waals surface area contributed by atoms with Gasteiger partial charge in [0.2, 0.25) is 0 Å². The Bertz CT molecular complexity index is 432. The summed E-state index contributed by atoms with van der Waals surface area (Å²) in [5.74, 6) is 1.29. The van der Waals surface area contributed by atoms with Crippen LogP contribution in [0.5, 0.6) is 0 Å². The molecule has 0 saturated heterocycles. The molecule has 5 heteroatoms. The third kappa shape index (κ3) is 2.76. The lowest BCUT2D eigenvalue weighted by Crippen LogP contribution is -2.26. The molecule has 1 aromatic rings. The summed E-state index contributed by atoms with van der Waals surface area (Å²) in [6, 6.07) is 4.54. The van der Waals surface area contributed by atoms with Crippen molar-refractivity contribution in [2.75, 3.05) is 6.54 Å². The van der Waals surface area contributed by atoms with Gasteiger partial charge in [-0.3, -0.25) is 4.79 Å². The lowest BCUT2D eigenvalue weighted by molar-refractivity contribution is -0.137. The minimum Gasteiger partial charge on any atom is -0.341 e. The maximum atomic E-state index is 12.5. The molecule has 1 N–H and O–H groups in total. The van der Waals surface area contributed by atoms with Crippen LogP contribution >= 0.6 is 0 Å². The number of benzene rings is 1. The normalized spacial score (nSPS) is 10.6. The first kappa shape index (κ1) is 12.1. The molecular weight excluding hydrogens is 219 g/mol. The average molecular weight is 227 g/mol. The molecule has 0 unspecified atom stereocenters. The van der Waals surface area contributed by atoms with Crippen molar-refractivity contribution < 1.29 is 18.0 Å². The highest BCUT2D eigenvalue weighted by Gasteiger charge is 2.34. The van der Waals surface area contributed by atoms with Gasteiger partial charge in [-0.2, -0.15) is 13.2 Å². The number of amides is 1. The highest BCUT2D eigenvalue weighted by molar-refractivity contribution is 5.96. The standard InChI is InChI=1S/C11H8F3NO/c1-2-7-15-10(16)8-5-3-4-6-9(8)11(12,13)14/h1,3-6H,7H2,(H,15,16). The van der Waals surface area contributed by atoms with Gasteiger partial charge in [-0.15, -0.1) is 6.42 Å². The van der Waals surface area contributed by atoms with Gasteiger partial charge in [0, 0.05) is 0 Å². The van der Waals surface area contributed by atoms with Gasteiger partial charge >= 0.3 is 6.18 Å². The molecule has 0 fully saturated rings. The largest absolute Gasteiger partial charge is 0.417 e. The van der Waals surface area contributed by atoms with Crippen molar-refractivity contribution in [2.24, 2.45) is 0 Å². The second-order valence-electron chi connectivity index (χ2n) is 2.93. The molecule has 0 heterocycles. The van der Waals surface area contributed by atoms with Gasteiger partial charge < -0.3 is 5.32 Å². The maximum absolute atomic E-state index is 12.5. The summed E-state index contributed by atoms with van der Waals surface area (Å²) in [5.41, 5.74) is -1.39. The van der Waals surface area contributed by atoms with Crippen molar-refractivity contribution in [2.45, 2.75) is 6.18 Å². The molecule has 0 aliphatic carbocycles. The van der Waals surface area contributed by atoms with Crippen molar-refractivity contribution in [1.82, 2.24) is 5.32 Å². The maximum Gasteiger partial charge on any atom is 0.417 e. The molecule has 0 bridgehead atoms. The minimum atomic E-state index is -4.55. The number of carbonyl (C=O) groups is 1. The average Bonchev–Trinajstić information content (AvgIpc) is 2.24. The van der Waals surface area contributed by atoms with Crippen molar-refractivity contribution >= 4 is 5.91 Å². The van der Waals surface area contributed by atoms with Crippen LogP contribution in [0.1, 0.15) is 15.9 Å². The SMILES string of the molecule is C#CCNC(=O)c1ccccc1C(F)(F)F. The van der Waals surface area contributed by atoms with Gasteiger partial charge in [0.15, 0.2) is 0 Å². The number of carbonyl (C=O) groups excluding carboxylic acids is 1. The highest BCUT2D eigenvalue weighted by Crippen LogP contribution is 2.31. The van der Waals surface area contributed by atoms with Gasteiger partial charge in [0.25, 0.3) is 5.91 Å². The molecule has 0 spiro atoms. The molecule has 1 aromatic carbocycles. The molecule has 1 amide bonds. The van der Waals surface area contributed by atoms with Crippen LogP contribution in [-0.4, -0.2) is 12.5 Å². The van der Waals surface area contributed by atoms with Gasteiger partial charge in [0.05, 0.1) is 17.7 Å². The number of hydrogen-bond donors (Lipinski definition) is 1. The van der Waals surface area contributed by atoms with Crippen LogP contribution in [0.2, 0.25) is 0 Å². The molecule has 84 valence electrons. The van der Waals surface area contributed by atoms with E-state index in [0.717, 1.165) is 12.1 Å². The number of alkyl halides is 3. The second-order valence-corrected chi connectivity index (χ2v) is 2.93. The molecule has 0 atom stereocenters. The number of hydrogen-bond acceptors (Lipinski definition) is 1. The fourth-order valence-corrected chi connectivity index (χ4v) is 1.15. The lowest BCUT2D eigenvalue weighted by Gasteiger charge is -2.11. The van der Waals surface area contributed by atoms with Crippen molar-refractivity contribution in [1.29, 1.82) is 0 Å². The van der Waals surface area contributed by atoms with Crippen molar-refractivity contribution in [3.63, 3.8) is 0 Å². The van der Waals surface area contributed by atoms with E-state index in [4.69, 9.17) is 6.42 Å². The summed E-state index contributed by atoms with van der Waals surface area (Å²) in [6.07, 6.45) is 0.340. The van der Waals surface area contributed by atoms with Crippen LogP contribution in [-0.2, 0) is 6.18 Å². The van der Waals surface area contributed by atoms with E-state index >= 15 is 0 Å². The Morgan fingerprint density at radius 2 is 2.00 bits per heavy atom. The fraction of sp³-hybridized carbons (Fsp3) is 0.182. The number of nitrogens with one attached hydrogen (secondary N) is 1. The Kier molecular flexibility index (Phi) is 3.56. The summed E-state index contributed by atoms with van der Waals surface area (Å²) < 4.78 is 37.5. The van der Waals surface area contributed by atoms with Crippen LogP contribution in [0.3, 0.4) is 0 Å². The Morgan fingerprint density at radius 1 is 1.38 bits per heavy atom. The molecule has 0 aliphatic heterocycles. The first-order chi connectivity index (χ1) is 7.46. The first-order valence-electron chi connectivity index (χ1n) is 4.34. The topological polar surface area (TPSA) is 29.1 Å². The van der Waals surface area contributed by atoms with Crippen LogP contribution < -0.4 is 5.32 Å². The number of rotatable bonds is 2. The first-order valence-corrected chi connectivity index (χ1v) is 4.34. The lowest BCUT2D eigenvalue weighted by atomic mass is 10.1. The van der Waals surface area contributed by atoms with E-state index in [0.29, 0.717) is 0 Å². The molecule has 1 rings (SSSR count). The molecule has 0 radical (unpaired) electrons. The van der Waals surface area contributed by atoms with Crippen molar-refractivity contribution in [3.8, 4) is 12.3 Å². The van der Waals surface area contributed by atoms with Gasteiger partial charge in [-0.05, 0) is 12.1 Å². The minimum absolute atomic E-state index is 0.106. The van der Waals surface area contributed by atoms with E-state index in [-0.39, 0.29) is 6.54 Å². The Balaban J connectivity index is 3.05. The zero-order valence-electron chi connectivity index (χ0n) is 8.14. The Hall–Kier alpha value is -1.96. The van der Waals surface area contributed by atoms with E-state index in [1.807, 2.05) is 0 Å². The summed E-state index contributed by atoms with van der Waals surface area (Å²) in [4.78, 5) is 11.4. The van der Waals surface area contributed by atoms with Gasteiger partial charge in [-0.1, -0.05) is 18.1 Å². The van der Waals surface area contributed by atoms with Crippen molar-refractivity contribution in [3.05, 3.63) is 35.4 Å². The van der Waals surface area contributed by atoms with E-state index < -0.39 is 23.2 Å². The number of terminal acetylenes is 1. The smallest absolute Gasteiger partial charge is 0.341 e. The summed E-state index contributed by atoms with van der Waals surface area (Å²) in [6.45, 7) is -0.106. The molecule has 0 aromatic heterocycles. The molecular formula is C11H8F3NO. The number of halogens is 3. The molecule has 16 heavy (non-hydrogen) atoms. The van der Waals surface area contributed by atoms with Crippen LogP contribution in [0.4, 0.5) is 13.2 Å². The molecule has 0 aliphatic rings. The predicted molar refractivity (Wildman–Crippen MR) is 52.6 cm³/mol. The predicted octanol–water partition coefficient (Wildman–Crippen LogP) is 2.07. The summed E-state index contributed by atoms with van der Waals surface area (Å²) in [7, 11) is 0. The highest BCUT2D eigenvalue weighted by atomic mass is 19.4. The van der Waals surface area contributed by atoms with Gasteiger partial charge in [-0.25, -0.2) is 0 Å². The monoisotopic (exact) mass is 227 g/mol. The molecule has 0 saturated carbocycles. The third-order valence-electron chi connectivity index (χ3n) is 1.83. The quantitative estimate of drug-likeness (QED) is 0.770. The molecule has 2 nitrogen and oxygen atoms in total. The summed E-state index contributed by atoms with van der Waals surface area (Å²) in [5, 5.41) is 2.19. The summed E-state index contributed by atoms with van der Waals surface area (Å²) >= 11 is 0. The fourth-order valence-electron chi connectivity index (χ4n) is 1.15. The van der Waals surface area contributed by atoms with Crippen LogP contribution in [0, 0.1) is 12.3 Å².